The lowest BCUT2D eigenvalue weighted by atomic mass is 10.1. The van der Waals surface area contributed by atoms with Gasteiger partial charge in [-0.25, -0.2) is 4.79 Å². The Morgan fingerprint density at radius 2 is 1.75 bits per heavy atom. The first-order valence-electron chi connectivity index (χ1n) is 6.44. The van der Waals surface area contributed by atoms with Gasteiger partial charge in [-0.3, -0.25) is 0 Å². The fourth-order valence-corrected chi connectivity index (χ4v) is 1.55. The minimum atomic E-state index is -0.265. The van der Waals surface area contributed by atoms with Crippen molar-refractivity contribution in [3.63, 3.8) is 0 Å². The van der Waals surface area contributed by atoms with Crippen molar-refractivity contribution in [1.29, 1.82) is 0 Å². The quantitative estimate of drug-likeness (QED) is 0.334. The smallest absolute Gasteiger partial charge is 0.333 e. The second-order valence-corrected chi connectivity index (χ2v) is 4.55. The third kappa shape index (κ3) is 8.51. The highest BCUT2D eigenvalue weighted by Gasteiger charge is 2.09. The summed E-state index contributed by atoms with van der Waals surface area (Å²) in [6.07, 6.45) is 8.63. The zero-order valence-electron chi connectivity index (χ0n) is 11.1. The molecule has 0 radical (unpaired) electrons. The summed E-state index contributed by atoms with van der Waals surface area (Å²) in [5.74, 6) is -0.265. The number of carbonyl (C=O) groups is 1. The number of rotatable bonds is 9. The third-order valence-electron chi connectivity index (χ3n) is 2.62. The number of hydrogen-bond acceptors (Lipinski definition) is 2. The Morgan fingerprint density at radius 3 is 2.31 bits per heavy atom. The van der Waals surface area contributed by atoms with E-state index in [9.17, 15) is 4.79 Å². The van der Waals surface area contributed by atoms with E-state index >= 15 is 0 Å². The van der Waals surface area contributed by atoms with Crippen molar-refractivity contribution in [2.75, 3.05) is 0 Å². The average molecular weight is 226 g/mol. The topological polar surface area (TPSA) is 26.3 Å². The van der Waals surface area contributed by atoms with Crippen LogP contribution in [0.25, 0.3) is 0 Å². The van der Waals surface area contributed by atoms with E-state index in [0.29, 0.717) is 5.57 Å². The molecule has 16 heavy (non-hydrogen) atoms. The van der Waals surface area contributed by atoms with Crippen LogP contribution in [0, 0.1) is 0 Å². The van der Waals surface area contributed by atoms with Gasteiger partial charge in [-0.2, -0.15) is 0 Å². The molecule has 0 heterocycles. The van der Waals surface area contributed by atoms with Crippen LogP contribution < -0.4 is 0 Å². The molecule has 0 amide bonds. The van der Waals surface area contributed by atoms with Crippen molar-refractivity contribution in [3.8, 4) is 0 Å². The van der Waals surface area contributed by atoms with Crippen LogP contribution in [0.3, 0.4) is 0 Å². The van der Waals surface area contributed by atoms with Gasteiger partial charge < -0.3 is 4.74 Å². The monoisotopic (exact) mass is 226 g/mol. The first kappa shape index (κ1) is 15.2. The Hall–Kier alpha value is -0.790. The van der Waals surface area contributed by atoms with E-state index < -0.39 is 0 Å². The highest BCUT2D eigenvalue weighted by atomic mass is 16.5. The highest BCUT2D eigenvalue weighted by molar-refractivity contribution is 5.87. The van der Waals surface area contributed by atoms with Crippen LogP contribution >= 0.6 is 0 Å². The summed E-state index contributed by atoms with van der Waals surface area (Å²) >= 11 is 0. The van der Waals surface area contributed by atoms with Gasteiger partial charge in [0.2, 0.25) is 0 Å². The number of hydrogen-bond donors (Lipinski definition) is 0. The second kappa shape index (κ2) is 9.44. The summed E-state index contributed by atoms with van der Waals surface area (Å²) in [6.45, 7) is 9.42. The Balaban J connectivity index is 3.40. The SMILES string of the molecule is C=C(C)C(=O)OC(C)CCCCCCCC. The summed E-state index contributed by atoms with van der Waals surface area (Å²) in [5.41, 5.74) is 0.481. The Labute approximate surface area is 100 Å². The molecule has 0 spiro atoms. The molecule has 0 aromatic carbocycles. The van der Waals surface area contributed by atoms with Gasteiger partial charge in [0.05, 0.1) is 6.10 Å². The van der Waals surface area contributed by atoms with Gasteiger partial charge in [-0.15, -0.1) is 0 Å². The predicted octanol–water partition coefficient (Wildman–Crippen LogP) is 4.24. The molecule has 1 unspecified atom stereocenters. The fraction of sp³-hybridized carbons (Fsp3) is 0.786. The van der Waals surface area contributed by atoms with Crippen LogP contribution in [0.5, 0.6) is 0 Å². The molecule has 0 rings (SSSR count). The van der Waals surface area contributed by atoms with Crippen LogP contribution in [-0.2, 0) is 9.53 Å². The normalized spacial score (nSPS) is 12.2. The molecule has 2 nitrogen and oxygen atoms in total. The maximum atomic E-state index is 11.2. The van der Waals surface area contributed by atoms with Crippen LogP contribution in [0.15, 0.2) is 12.2 Å². The van der Waals surface area contributed by atoms with Gasteiger partial charge >= 0.3 is 5.97 Å². The first-order valence-corrected chi connectivity index (χ1v) is 6.44. The maximum Gasteiger partial charge on any atom is 0.333 e. The van der Waals surface area contributed by atoms with Crippen molar-refractivity contribution in [1.82, 2.24) is 0 Å². The fourth-order valence-electron chi connectivity index (χ4n) is 1.55. The average Bonchev–Trinajstić information content (AvgIpc) is 2.23. The van der Waals surface area contributed by atoms with Gasteiger partial charge in [0.25, 0.3) is 0 Å². The van der Waals surface area contributed by atoms with Crippen molar-refractivity contribution in [2.24, 2.45) is 0 Å². The molecule has 0 N–H and O–H groups in total. The molecule has 2 heteroatoms. The molecule has 0 fully saturated rings. The Kier molecular flexibility index (Phi) is 8.97. The Bertz CT molecular complexity index is 209. The van der Waals surface area contributed by atoms with E-state index in [2.05, 4.69) is 13.5 Å². The van der Waals surface area contributed by atoms with Crippen molar-refractivity contribution < 1.29 is 9.53 Å². The molecule has 0 aliphatic carbocycles. The molecule has 1 atom stereocenters. The van der Waals surface area contributed by atoms with E-state index in [1.165, 1.54) is 32.1 Å². The molecular weight excluding hydrogens is 200 g/mol. The third-order valence-corrected chi connectivity index (χ3v) is 2.62. The molecule has 0 saturated heterocycles. The molecule has 0 aliphatic heterocycles. The lowest BCUT2D eigenvalue weighted by Crippen LogP contribution is -2.15. The second-order valence-electron chi connectivity index (χ2n) is 4.55. The molecule has 0 bridgehead atoms. The Morgan fingerprint density at radius 1 is 1.19 bits per heavy atom. The van der Waals surface area contributed by atoms with Crippen LogP contribution in [0.2, 0.25) is 0 Å². The summed E-state index contributed by atoms with van der Waals surface area (Å²) < 4.78 is 5.20. The van der Waals surface area contributed by atoms with Crippen molar-refractivity contribution in [3.05, 3.63) is 12.2 Å². The summed E-state index contributed by atoms with van der Waals surface area (Å²) in [7, 11) is 0. The summed E-state index contributed by atoms with van der Waals surface area (Å²) in [6, 6.07) is 0. The van der Waals surface area contributed by atoms with Gasteiger partial charge in [0.1, 0.15) is 0 Å². The number of ether oxygens (including phenoxy) is 1. The van der Waals surface area contributed by atoms with Gasteiger partial charge in [0.15, 0.2) is 0 Å². The highest BCUT2D eigenvalue weighted by Crippen LogP contribution is 2.11. The molecule has 0 saturated carbocycles. The van der Waals surface area contributed by atoms with Crippen LogP contribution in [0.1, 0.15) is 65.7 Å². The van der Waals surface area contributed by atoms with E-state index in [1.807, 2.05) is 6.92 Å². The van der Waals surface area contributed by atoms with Crippen molar-refractivity contribution >= 4 is 5.97 Å². The summed E-state index contributed by atoms with van der Waals surface area (Å²) in [4.78, 5) is 11.2. The molecule has 0 aromatic heterocycles. The zero-order chi connectivity index (χ0) is 12.4. The van der Waals surface area contributed by atoms with E-state index in [1.54, 1.807) is 6.92 Å². The van der Waals surface area contributed by atoms with Crippen LogP contribution in [-0.4, -0.2) is 12.1 Å². The standard InChI is InChI=1S/C14H26O2/c1-5-6-7-8-9-10-11-13(4)16-14(15)12(2)3/h13H,2,5-11H2,1,3-4H3. The lowest BCUT2D eigenvalue weighted by Gasteiger charge is -2.12. The minimum Gasteiger partial charge on any atom is -0.459 e. The van der Waals surface area contributed by atoms with E-state index in [-0.39, 0.29) is 12.1 Å². The molecule has 0 aliphatic rings. The zero-order valence-corrected chi connectivity index (χ0v) is 11.1. The van der Waals surface area contributed by atoms with Gasteiger partial charge in [0, 0.05) is 5.57 Å². The minimum absolute atomic E-state index is 0.0235. The number of carbonyl (C=O) groups excluding carboxylic acids is 1. The molecular formula is C14H26O2. The lowest BCUT2D eigenvalue weighted by molar-refractivity contribution is -0.143. The van der Waals surface area contributed by atoms with Crippen LogP contribution in [0.4, 0.5) is 0 Å². The van der Waals surface area contributed by atoms with E-state index in [4.69, 9.17) is 4.74 Å². The van der Waals surface area contributed by atoms with Gasteiger partial charge in [-0.1, -0.05) is 45.6 Å². The van der Waals surface area contributed by atoms with E-state index in [0.717, 1.165) is 12.8 Å². The number of esters is 1. The number of unbranched alkanes of at least 4 members (excludes halogenated alkanes) is 5. The molecule has 94 valence electrons. The van der Waals surface area contributed by atoms with Crippen molar-refractivity contribution in [2.45, 2.75) is 71.8 Å². The first-order chi connectivity index (χ1) is 7.57. The predicted molar refractivity (Wildman–Crippen MR) is 68.4 cm³/mol. The molecule has 0 aromatic rings. The van der Waals surface area contributed by atoms with Gasteiger partial charge in [-0.05, 0) is 26.7 Å². The maximum absolute atomic E-state index is 11.2. The largest absolute Gasteiger partial charge is 0.459 e. The summed E-state index contributed by atoms with van der Waals surface area (Å²) in [5, 5.41) is 0.